The van der Waals surface area contributed by atoms with Gasteiger partial charge in [-0.25, -0.2) is 0 Å². The van der Waals surface area contributed by atoms with Crippen LogP contribution in [0.5, 0.6) is 5.75 Å². The van der Waals surface area contributed by atoms with Crippen molar-refractivity contribution >= 4 is 11.8 Å². The summed E-state index contributed by atoms with van der Waals surface area (Å²) >= 11 is 0. The van der Waals surface area contributed by atoms with Crippen LogP contribution in [0.3, 0.4) is 0 Å². The molecule has 2 N–H and O–H groups in total. The molecule has 0 bridgehead atoms. The molecule has 0 atom stereocenters. The van der Waals surface area contributed by atoms with Crippen molar-refractivity contribution < 1.29 is 14.3 Å². The van der Waals surface area contributed by atoms with Gasteiger partial charge >= 0.3 is 0 Å². The van der Waals surface area contributed by atoms with Gasteiger partial charge in [0, 0.05) is 12.0 Å². The molecule has 0 saturated carbocycles. The van der Waals surface area contributed by atoms with Crippen molar-refractivity contribution in [3.8, 4) is 5.75 Å². The minimum Gasteiger partial charge on any atom is -0.493 e. The minimum atomic E-state index is -0.378. The molecule has 5 nitrogen and oxygen atoms in total. The second kappa shape index (κ2) is 9.92. The van der Waals surface area contributed by atoms with Gasteiger partial charge in [-0.1, -0.05) is 60.7 Å². The Balaban J connectivity index is 1.42. The third kappa shape index (κ3) is 5.99. The van der Waals surface area contributed by atoms with Crippen LogP contribution in [-0.4, -0.2) is 18.4 Å². The number of carbonyl (C=O) groups excluding carboxylic acids is 2. The molecule has 5 heteroatoms. The zero-order valence-electron chi connectivity index (χ0n) is 15.4. The monoisotopic (exact) mass is 374 g/mol. The molecule has 0 aromatic heterocycles. The van der Waals surface area contributed by atoms with Crippen molar-refractivity contribution in [2.75, 3.05) is 6.61 Å². The van der Waals surface area contributed by atoms with Crippen LogP contribution in [0.2, 0.25) is 0 Å². The van der Waals surface area contributed by atoms with Gasteiger partial charge in [0.1, 0.15) is 5.75 Å². The minimum absolute atomic E-state index is 0.204. The molecule has 3 aromatic rings. The van der Waals surface area contributed by atoms with Crippen LogP contribution in [0.4, 0.5) is 0 Å². The fourth-order valence-electron chi connectivity index (χ4n) is 2.66. The largest absolute Gasteiger partial charge is 0.493 e. The Hall–Kier alpha value is -3.60. The number of ether oxygens (including phenoxy) is 1. The number of rotatable bonds is 7. The quantitative estimate of drug-likeness (QED) is 0.624. The molecule has 0 radical (unpaired) electrons. The van der Waals surface area contributed by atoms with Crippen LogP contribution in [0, 0.1) is 0 Å². The summed E-state index contributed by atoms with van der Waals surface area (Å²) in [5.74, 6) is 0.0401. The number of benzene rings is 3. The van der Waals surface area contributed by atoms with Crippen LogP contribution in [0.1, 0.15) is 21.5 Å². The fourth-order valence-corrected chi connectivity index (χ4v) is 2.66. The average Bonchev–Trinajstić information content (AvgIpc) is 2.74. The van der Waals surface area contributed by atoms with Gasteiger partial charge < -0.3 is 4.74 Å². The second-order valence-electron chi connectivity index (χ2n) is 6.27. The molecule has 0 aliphatic carbocycles. The summed E-state index contributed by atoms with van der Waals surface area (Å²) in [7, 11) is 0. The molecule has 0 heterocycles. The Morgan fingerprint density at radius 1 is 0.714 bits per heavy atom. The summed E-state index contributed by atoms with van der Waals surface area (Å²) in [6.07, 6.45) is 1.02. The van der Waals surface area contributed by atoms with E-state index in [2.05, 4.69) is 23.0 Å². The zero-order valence-corrected chi connectivity index (χ0v) is 15.4. The highest BCUT2D eigenvalue weighted by molar-refractivity contribution is 5.95. The molecule has 0 fully saturated rings. The van der Waals surface area contributed by atoms with E-state index in [-0.39, 0.29) is 18.2 Å². The third-order valence-electron chi connectivity index (χ3n) is 4.14. The van der Waals surface area contributed by atoms with Gasteiger partial charge in [-0.3, -0.25) is 20.4 Å². The summed E-state index contributed by atoms with van der Waals surface area (Å²) in [5.41, 5.74) is 7.38. The smallest absolute Gasteiger partial charge is 0.269 e. The maximum absolute atomic E-state index is 12.1. The molecule has 0 aliphatic rings. The third-order valence-corrected chi connectivity index (χ3v) is 4.14. The molecule has 28 heavy (non-hydrogen) atoms. The Kier molecular flexibility index (Phi) is 6.79. The van der Waals surface area contributed by atoms with E-state index in [4.69, 9.17) is 4.74 Å². The Morgan fingerprint density at radius 2 is 1.32 bits per heavy atom. The highest BCUT2D eigenvalue weighted by atomic mass is 16.5. The maximum Gasteiger partial charge on any atom is 0.269 e. The topological polar surface area (TPSA) is 67.4 Å². The Bertz CT molecular complexity index is 894. The van der Waals surface area contributed by atoms with Crippen molar-refractivity contribution in [1.82, 2.24) is 10.9 Å². The molecule has 3 rings (SSSR count). The van der Waals surface area contributed by atoms with E-state index in [9.17, 15) is 9.59 Å². The van der Waals surface area contributed by atoms with Crippen LogP contribution < -0.4 is 15.6 Å². The highest BCUT2D eigenvalue weighted by Gasteiger charge is 2.08. The SMILES string of the molecule is O=C(Cc1ccccc1)NNC(=O)c1ccc(OCCc2ccccc2)cc1. The normalized spacial score (nSPS) is 10.1. The summed E-state index contributed by atoms with van der Waals surface area (Å²) < 4.78 is 5.71. The molecule has 142 valence electrons. The van der Waals surface area contributed by atoms with Gasteiger partial charge in [-0.2, -0.15) is 0 Å². The Labute approximate surface area is 164 Å². The lowest BCUT2D eigenvalue weighted by molar-refractivity contribution is -0.121. The van der Waals surface area contributed by atoms with Crippen molar-refractivity contribution in [2.24, 2.45) is 0 Å². The van der Waals surface area contributed by atoms with E-state index in [1.807, 2.05) is 48.5 Å². The predicted octanol–water partition coefficient (Wildman–Crippen LogP) is 3.31. The van der Waals surface area contributed by atoms with Crippen LogP contribution in [0.15, 0.2) is 84.9 Å². The molecule has 2 amide bonds. The summed E-state index contributed by atoms with van der Waals surface area (Å²) in [4.78, 5) is 24.0. The molecular formula is C23H22N2O3. The molecule has 0 spiro atoms. The van der Waals surface area contributed by atoms with Crippen LogP contribution in [0.25, 0.3) is 0 Å². The first kappa shape index (κ1) is 19.2. The van der Waals surface area contributed by atoms with Gasteiger partial charge in [0.25, 0.3) is 5.91 Å². The zero-order chi connectivity index (χ0) is 19.6. The first-order valence-electron chi connectivity index (χ1n) is 9.10. The first-order valence-corrected chi connectivity index (χ1v) is 9.10. The van der Waals surface area contributed by atoms with Crippen LogP contribution in [-0.2, 0) is 17.6 Å². The lowest BCUT2D eigenvalue weighted by Gasteiger charge is -2.09. The number of nitrogens with one attached hydrogen (secondary N) is 2. The van der Waals surface area contributed by atoms with E-state index in [1.165, 1.54) is 5.56 Å². The van der Waals surface area contributed by atoms with Gasteiger partial charge in [-0.05, 0) is 35.4 Å². The van der Waals surface area contributed by atoms with Crippen molar-refractivity contribution in [2.45, 2.75) is 12.8 Å². The number of carbonyl (C=O) groups is 2. The van der Waals surface area contributed by atoms with Crippen molar-refractivity contribution in [1.29, 1.82) is 0 Å². The lowest BCUT2D eigenvalue weighted by Crippen LogP contribution is -2.42. The number of hydrogen-bond donors (Lipinski definition) is 2. The highest BCUT2D eigenvalue weighted by Crippen LogP contribution is 2.13. The van der Waals surface area contributed by atoms with Gasteiger partial charge in [0.2, 0.25) is 5.91 Å². The van der Waals surface area contributed by atoms with Crippen molar-refractivity contribution in [3.63, 3.8) is 0 Å². The van der Waals surface area contributed by atoms with Gasteiger partial charge in [0.05, 0.1) is 13.0 Å². The Morgan fingerprint density at radius 3 is 1.96 bits per heavy atom. The first-order chi connectivity index (χ1) is 13.7. The average molecular weight is 374 g/mol. The molecule has 3 aromatic carbocycles. The van der Waals surface area contributed by atoms with Gasteiger partial charge in [0.15, 0.2) is 0 Å². The summed E-state index contributed by atoms with van der Waals surface area (Å²) in [6.45, 7) is 0.561. The fraction of sp³-hybridized carbons (Fsp3) is 0.130. The maximum atomic E-state index is 12.1. The number of hydrogen-bond acceptors (Lipinski definition) is 3. The van der Waals surface area contributed by atoms with Crippen molar-refractivity contribution in [3.05, 3.63) is 102 Å². The second-order valence-corrected chi connectivity index (χ2v) is 6.27. The summed E-state index contributed by atoms with van der Waals surface area (Å²) in [5, 5.41) is 0. The van der Waals surface area contributed by atoms with Crippen LogP contribution >= 0.6 is 0 Å². The lowest BCUT2D eigenvalue weighted by atomic mass is 10.1. The standard InChI is InChI=1S/C23H22N2O3/c26-22(17-19-9-5-2-6-10-19)24-25-23(27)20-11-13-21(14-12-20)28-16-15-18-7-3-1-4-8-18/h1-14H,15-17H2,(H,24,26)(H,25,27). The molecule has 0 unspecified atom stereocenters. The predicted molar refractivity (Wildman–Crippen MR) is 108 cm³/mol. The number of hydrazine groups is 1. The molecule has 0 saturated heterocycles. The van der Waals surface area contributed by atoms with E-state index < -0.39 is 0 Å². The molecule has 0 aliphatic heterocycles. The van der Waals surface area contributed by atoms with E-state index in [0.717, 1.165) is 12.0 Å². The van der Waals surface area contributed by atoms with E-state index >= 15 is 0 Å². The summed E-state index contributed by atoms with van der Waals surface area (Å²) in [6, 6.07) is 26.3. The number of amides is 2. The van der Waals surface area contributed by atoms with E-state index in [1.54, 1.807) is 24.3 Å². The molecular weight excluding hydrogens is 352 g/mol. The van der Waals surface area contributed by atoms with E-state index in [0.29, 0.717) is 17.9 Å². The van der Waals surface area contributed by atoms with Gasteiger partial charge in [-0.15, -0.1) is 0 Å².